The average molecular weight is 337 g/mol. The lowest BCUT2D eigenvalue weighted by Crippen LogP contribution is -2.15. The maximum Gasteiger partial charge on any atom is 0.0409 e. The van der Waals surface area contributed by atoms with Crippen LogP contribution in [-0.4, -0.2) is 6.04 Å². The third kappa shape index (κ3) is 3.38. The molecule has 2 aromatic carbocycles. The first kappa shape index (κ1) is 13.2. The highest BCUT2D eigenvalue weighted by molar-refractivity contribution is 9.10. The van der Waals surface area contributed by atoms with E-state index in [9.17, 15) is 0 Å². The van der Waals surface area contributed by atoms with Gasteiger partial charge in [0.05, 0.1) is 0 Å². The van der Waals surface area contributed by atoms with Gasteiger partial charge in [0.1, 0.15) is 0 Å². The molecule has 3 rings (SSSR count). The highest BCUT2D eigenvalue weighted by Gasteiger charge is 2.20. The molecular formula is C16H15BrClN. The summed E-state index contributed by atoms with van der Waals surface area (Å²) in [7, 11) is 0. The number of halogens is 2. The molecule has 0 unspecified atom stereocenters. The maximum atomic E-state index is 6.13. The molecule has 2 aromatic rings. The van der Waals surface area contributed by atoms with Crippen molar-refractivity contribution in [3.05, 3.63) is 57.5 Å². The van der Waals surface area contributed by atoms with E-state index in [1.807, 2.05) is 6.07 Å². The quantitative estimate of drug-likeness (QED) is 0.826. The van der Waals surface area contributed by atoms with E-state index in [-0.39, 0.29) is 0 Å². The molecule has 0 atom stereocenters. The number of hydrogen-bond donors (Lipinski definition) is 1. The van der Waals surface area contributed by atoms with Crippen molar-refractivity contribution in [2.75, 3.05) is 0 Å². The third-order valence-electron chi connectivity index (χ3n) is 3.38. The molecule has 0 aromatic heterocycles. The molecule has 3 heteroatoms. The zero-order chi connectivity index (χ0) is 13.2. The van der Waals surface area contributed by atoms with Crippen molar-refractivity contribution in [1.29, 1.82) is 0 Å². The Morgan fingerprint density at radius 3 is 2.53 bits per heavy atom. The molecule has 0 heterocycles. The van der Waals surface area contributed by atoms with Gasteiger partial charge in [-0.1, -0.05) is 45.7 Å². The molecule has 0 aliphatic heterocycles. The minimum Gasteiger partial charge on any atom is -0.310 e. The Bertz CT molecular complexity index is 576. The Morgan fingerprint density at radius 1 is 1.11 bits per heavy atom. The SMILES string of the molecule is Clc1ccc(-c2ccc(Br)cc2)c(CNC2CC2)c1. The van der Waals surface area contributed by atoms with Crippen LogP contribution >= 0.6 is 27.5 Å². The lowest BCUT2D eigenvalue weighted by atomic mass is 10.00. The van der Waals surface area contributed by atoms with Gasteiger partial charge in [0.15, 0.2) is 0 Å². The van der Waals surface area contributed by atoms with Gasteiger partial charge in [0.25, 0.3) is 0 Å². The van der Waals surface area contributed by atoms with E-state index in [0.717, 1.165) is 16.0 Å². The zero-order valence-corrected chi connectivity index (χ0v) is 12.8. The fourth-order valence-corrected chi connectivity index (χ4v) is 2.62. The van der Waals surface area contributed by atoms with Crippen molar-refractivity contribution in [2.45, 2.75) is 25.4 Å². The molecule has 1 aliphatic rings. The normalized spacial score (nSPS) is 14.6. The Labute approximate surface area is 127 Å². The molecule has 0 saturated heterocycles. The second-order valence-electron chi connectivity index (χ2n) is 4.96. The van der Waals surface area contributed by atoms with Gasteiger partial charge < -0.3 is 5.32 Å². The fraction of sp³-hybridized carbons (Fsp3) is 0.250. The smallest absolute Gasteiger partial charge is 0.0409 e. The van der Waals surface area contributed by atoms with Crippen molar-refractivity contribution in [3.63, 3.8) is 0 Å². The van der Waals surface area contributed by atoms with Crippen molar-refractivity contribution < 1.29 is 0 Å². The van der Waals surface area contributed by atoms with Crippen LogP contribution in [0.2, 0.25) is 5.02 Å². The molecule has 1 nitrogen and oxygen atoms in total. The monoisotopic (exact) mass is 335 g/mol. The molecule has 1 fully saturated rings. The Hall–Kier alpha value is -0.830. The van der Waals surface area contributed by atoms with E-state index in [1.165, 1.54) is 29.5 Å². The number of rotatable bonds is 4. The molecule has 0 amide bonds. The summed E-state index contributed by atoms with van der Waals surface area (Å²) < 4.78 is 1.10. The summed E-state index contributed by atoms with van der Waals surface area (Å²) in [6.07, 6.45) is 2.60. The summed E-state index contributed by atoms with van der Waals surface area (Å²) >= 11 is 9.60. The average Bonchev–Trinajstić information content (AvgIpc) is 3.22. The van der Waals surface area contributed by atoms with Crippen molar-refractivity contribution >= 4 is 27.5 Å². The first-order valence-corrected chi connectivity index (χ1v) is 7.67. The summed E-state index contributed by atoms with van der Waals surface area (Å²) in [4.78, 5) is 0. The summed E-state index contributed by atoms with van der Waals surface area (Å²) in [6, 6.07) is 15.2. The van der Waals surface area contributed by atoms with Gasteiger partial charge in [-0.3, -0.25) is 0 Å². The first-order valence-electron chi connectivity index (χ1n) is 6.50. The van der Waals surface area contributed by atoms with Crippen molar-refractivity contribution in [2.24, 2.45) is 0 Å². The highest BCUT2D eigenvalue weighted by atomic mass is 79.9. The molecule has 1 N–H and O–H groups in total. The largest absolute Gasteiger partial charge is 0.310 e. The Morgan fingerprint density at radius 2 is 1.84 bits per heavy atom. The topological polar surface area (TPSA) is 12.0 Å². The number of nitrogens with one attached hydrogen (secondary N) is 1. The van der Waals surface area contributed by atoms with Gasteiger partial charge >= 0.3 is 0 Å². The highest BCUT2D eigenvalue weighted by Crippen LogP contribution is 2.28. The molecule has 0 radical (unpaired) electrons. The van der Waals surface area contributed by atoms with Crippen LogP contribution in [-0.2, 0) is 6.54 Å². The predicted molar refractivity (Wildman–Crippen MR) is 84.4 cm³/mol. The van der Waals surface area contributed by atoms with Gasteiger partial charge in [-0.05, 0) is 53.8 Å². The van der Waals surface area contributed by atoms with Gasteiger partial charge in [0.2, 0.25) is 0 Å². The van der Waals surface area contributed by atoms with E-state index in [0.29, 0.717) is 6.04 Å². The lowest BCUT2D eigenvalue weighted by molar-refractivity contribution is 0.689. The minimum absolute atomic E-state index is 0.705. The Kier molecular flexibility index (Phi) is 3.92. The number of hydrogen-bond acceptors (Lipinski definition) is 1. The summed E-state index contributed by atoms with van der Waals surface area (Å²) in [5.74, 6) is 0. The van der Waals surface area contributed by atoms with Crippen LogP contribution in [0, 0.1) is 0 Å². The summed E-state index contributed by atoms with van der Waals surface area (Å²) in [5.41, 5.74) is 3.75. The Balaban J connectivity index is 1.91. The van der Waals surface area contributed by atoms with Crippen LogP contribution < -0.4 is 5.32 Å². The van der Waals surface area contributed by atoms with Gasteiger partial charge in [-0.2, -0.15) is 0 Å². The van der Waals surface area contributed by atoms with Crippen LogP contribution in [0.15, 0.2) is 46.9 Å². The number of benzene rings is 2. The van der Waals surface area contributed by atoms with Crippen LogP contribution in [0.4, 0.5) is 0 Å². The zero-order valence-electron chi connectivity index (χ0n) is 10.5. The van der Waals surface area contributed by atoms with Gasteiger partial charge in [0, 0.05) is 22.1 Å². The molecule has 98 valence electrons. The molecule has 19 heavy (non-hydrogen) atoms. The van der Waals surface area contributed by atoms with Crippen LogP contribution in [0.1, 0.15) is 18.4 Å². The van der Waals surface area contributed by atoms with Crippen LogP contribution in [0.25, 0.3) is 11.1 Å². The van der Waals surface area contributed by atoms with Crippen LogP contribution in [0.3, 0.4) is 0 Å². The van der Waals surface area contributed by atoms with E-state index < -0.39 is 0 Å². The molecular weight excluding hydrogens is 322 g/mol. The van der Waals surface area contributed by atoms with Crippen molar-refractivity contribution in [1.82, 2.24) is 5.32 Å². The van der Waals surface area contributed by atoms with E-state index in [2.05, 4.69) is 57.6 Å². The van der Waals surface area contributed by atoms with Gasteiger partial charge in [-0.15, -0.1) is 0 Å². The molecule has 1 saturated carbocycles. The van der Waals surface area contributed by atoms with E-state index >= 15 is 0 Å². The molecule has 0 bridgehead atoms. The van der Waals surface area contributed by atoms with Crippen molar-refractivity contribution in [3.8, 4) is 11.1 Å². The third-order valence-corrected chi connectivity index (χ3v) is 4.14. The minimum atomic E-state index is 0.705. The van der Waals surface area contributed by atoms with Crippen LogP contribution in [0.5, 0.6) is 0 Å². The van der Waals surface area contributed by atoms with E-state index in [4.69, 9.17) is 11.6 Å². The first-order chi connectivity index (χ1) is 9.22. The predicted octanol–water partition coefficient (Wildman–Crippen LogP) is 5.02. The summed E-state index contributed by atoms with van der Waals surface area (Å²) in [5, 5.41) is 4.35. The second kappa shape index (κ2) is 5.66. The fourth-order valence-electron chi connectivity index (χ4n) is 2.16. The standard InChI is InChI=1S/C16H15BrClN/c17-13-3-1-11(2-4-13)16-8-5-14(18)9-12(16)10-19-15-6-7-15/h1-5,8-9,15,19H,6-7,10H2. The van der Waals surface area contributed by atoms with Gasteiger partial charge in [-0.25, -0.2) is 0 Å². The summed E-state index contributed by atoms with van der Waals surface area (Å²) in [6.45, 7) is 0.886. The maximum absolute atomic E-state index is 6.13. The van der Waals surface area contributed by atoms with E-state index in [1.54, 1.807) is 0 Å². The second-order valence-corrected chi connectivity index (χ2v) is 6.32. The molecule has 0 spiro atoms. The lowest BCUT2D eigenvalue weighted by Gasteiger charge is -2.11. The molecule has 1 aliphatic carbocycles.